The van der Waals surface area contributed by atoms with Crippen LogP contribution in [-0.4, -0.2) is 24.8 Å². The van der Waals surface area contributed by atoms with Crippen LogP contribution in [-0.2, 0) is 9.53 Å². The molecule has 3 unspecified atom stereocenters. The van der Waals surface area contributed by atoms with Crippen LogP contribution in [0.1, 0.15) is 59.3 Å². The quantitative estimate of drug-likeness (QED) is 0.743. The Hall–Kier alpha value is -0.570. The van der Waals surface area contributed by atoms with Gasteiger partial charge in [-0.15, -0.1) is 0 Å². The first-order chi connectivity index (χ1) is 8.86. The second-order valence-electron chi connectivity index (χ2n) is 7.07. The first-order valence-corrected chi connectivity index (χ1v) is 7.58. The summed E-state index contributed by atoms with van der Waals surface area (Å²) in [5.41, 5.74) is 0.300. The molecule has 0 saturated heterocycles. The molecule has 1 rings (SSSR count). The van der Waals surface area contributed by atoms with Gasteiger partial charge in [0.05, 0.1) is 5.92 Å². The molecule has 0 spiro atoms. The number of aliphatic carboxylic acids is 1. The van der Waals surface area contributed by atoms with Gasteiger partial charge in [-0.1, -0.05) is 27.2 Å². The molecule has 0 radical (unpaired) electrons. The molecule has 112 valence electrons. The van der Waals surface area contributed by atoms with Gasteiger partial charge in [-0.25, -0.2) is 0 Å². The molecule has 19 heavy (non-hydrogen) atoms. The van der Waals surface area contributed by atoms with Crippen LogP contribution in [0.2, 0.25) is 0 Å². The van der Waals surface area contributed by atoms with Crippen molar-refractivity contribution in [1.29, 1.82) is 0 Å². The highest BCUT2D eigenvalue weighted by molar-refractivity contribution is 5.70. The number of carboxylic acid groups (broad SMARTS) is 1. The van der Waals surface area contributed by atoms with E-state index in [4.69, 9.17) is 4.74 Å². The van der Waals surface area contributed by atoms with E-state index < -0.39 is 5.97 Å². The van der Waals surface area contributed by atoms with Crippen LogP contribution in [0.15, 0.2) is 0 Å². The third-order valence-electron chi connectivity index (χ3n) is 4.70. The molecule has 0 bridgehead atoms. The number of unbranched alkanes of at least 4 members (excludes halogenated alkanes) is 1. The summed E-state index contributed by atoms with van der Waals surface area (Å²) in [4.78, 5) is 11.4. The van der Waals surface area contributed by atoms with Crippen LogP contribution in [0.3, 0.4) is 0 Å². The van der Waals surface area contributed by atoms with Crippen molar-refractivity contribution in [2.45, 2.75) is 59.3 Å². The van der Waals surface area contributed by atoms with Gasteiger partial charge in [0.25, 0.3) is 0 Å². The second-order valence-corrected chi connectivity index (χ2v) is 7.07. The number of hydrogen-bond donors (Lipinski definition) is 1. The molecule has 0 aromatic carbocycles. The number of carbonyl (C=O) groups is 1. The molecule has 0 aromatic heterocycles. The molecule has 0 amide bonds. The molecule has 0 aromatic rings. The van der Waals surface area contributed by atoms with E-state index in [-0.39, 0.29) is 5.92 Å². The van der Waals surface area contributed by atoms with Gasteiger partial charge in [0.1, 0.15) is 0 Å². The Labute approximate surface area is 117 Å². The van der Waals surface area contributed by atoms with Gasteiger partial charge in [0.15, 0.2) is 0 Å². The van der Waals surface area contributed by atoms with Gasteiger partial charge in [-0.05, 0) is 49.4 Å². The van der Waals surface area contributed by atoms with E-state index in [2.05, 4.69) is 20.8 Å². The fourth-order valence-electron chi connectivity index (χ4n) is 3.35. The SMILES string of the molecule is COCCCCC1CC(C(C)(C)C)CCC1C(=O)O. The van der Waals surface area contributed by atoms with Crippen molar-refractivity contribution < 1.29 is 14.6 Å². The van der Waals surface area contributed by atoms with Gasteiger partial charge < -0.3 is 9.84 Å². The smallest absolute Gasteiger partial charge is 0.306 e. The maximum absolute atomic E-state index is 11.4. The maximum Gasteiger partial charge on any atom is 0.306 e. The minimum Gasteiger partial charge on any atom is -0.481 e. The Morgan fingerprint density at radius 1 is 1.26 bits per heavy atom. The van der Waals surface area contributed by atoms with Crippen molar-refractivity contribution in [2.24, 2.45) is 23.2 Å². The standard InChI is InChI=1S/C16H30O3/c1-16(2,3)13-8-9-14(15(17)18)12(11-13)7-5-6-10-19-4/h12-14H,5-11H2,1-4H3,(H,17,18). The van der Waals surface area contributed by atoms with Crippen molar-refractivity contribution in [1.82, 2.24) is 0 Å². The number of carboxylic acids is 1. The van der Waals surface area contributed by atoms with Crippen LogP contribution in [0.4, 0.5) is 0 Å². The van der Waals surface area contributed by atoms with Crippen molar-refractivity contribution in [3.63, 3.8) is 0 Å². The lowest BCUT2D eigenvalue weighted by atomic mass is 9.64. The fourth-order valence-corrected chi connectivity index (χ4v) is 3.35. The lowest BCUT2D eigenvalue weighted by molar-refractivity contribution is -0.146. The summed E-state index contributed by atoms with van der Waals surface area (Å²) in [5.74, 6) is 0.299. The number of ether oxygens (including phenoxy) is 1. The van der Waals surface area contributed by atoms with Gasteiger partial charge in [-0.3, -0.25) is 4.79 Å². The van der Waals surface area contributed by atoms with Gasteiger partial charge >= 0.3 is 5.97 Å². The summed E-state index contributed by atoms with van der Waals surface area (Å²) in [6.07, 6.45) is 6.15. The Morgan fingerprint density at radius 2 is 1.95 bits per heavy atom. The summed E-state index contributed by atoms with van der Waals surface area (Å²) in [6.45, 7) is 7.62. The summed E-state index contributed by atoms with van der Waals surface area (Å²) < 4.78 is 5.06. The molecule has 0 heterocycles. The summed E-state index contributed by atoms with van der Waals surface area (Å²) >= 11 is 0. The average molecular weight is 270 g/mol. The summed E-state index contributed by atoms with van der Waals surface area (Å²) in [6, 6.07) is 0. The van der Waals surface area contributed by atoms with Gasteiger partial charge in [0, 0.05) is 13.7 Å². The van der Waals surface area contributed by atoms with Crippen molar-refractivity contribution in [3.05, 3.63) is 0 Å². The molecule has 1 N–H and O–H groups in total. The highest BCUT2D eigenvalue weighted by atomic mass is 16.5. The van der Waals surface area contributed by atoms with E-state index in [9.17, 15) is 9.90 Å². The fraction of sp³-hybridized carbons (Fsp3) is 0.938. The minimum absolute atomic E-state index is 0.124. The van der Waals surface area contributed by atoms with Crippen LogP contribution in [0.5, 0.6) is 0 Å². The third kappa shape index (κ3) is 5.13. The molecule has 0 aliphatic heterocycles. The van der Waals surface area contributed by atoms with Crippen molar-refractivity contribution in [2.75, 3.05) is 13.7 Å². The van der Waals surface area contributed by atoms with E-state index in [0.717, 1.165) is 45.1 Å². The lowest BCUT2D eigenvalue weighted by Gasteiger charge is -2.40. The van der Waals surface area contributed by atoms with Crippen LogP contribution in [0.25, 0.3) is 0 Å². The third-order valence-corrected chi connectivity index (χ3v) is 4.70. The predicted molar refractivity (Wildman–Crippen MR) is 77.1 cm³/mol. The van der Waals surface area contributed by atoms with Crippen molar-refractivity contribution in [3.8, 4) is 0 Å². The van der Waals surface area contributed by atoms with Crippen molar-refractivity contribution >= 4 is 5.97 Å². The number of rotatable bonds is 6. The zero-order valence-corrected chi connectivity index (χ0v) is 12.9. The number of methoxy groups -OCH3 is 1. The zero-order chi connectivity index (χ0) is 14.5. The molecule has 3 heteroatoms. The Balaban J connectivity index is 2.55. The molecule has 1 aliphatic rings. The summed E-state index contributed by atoms with van der Waals surface area (Å²) in [7, 11) is 1.72. The molecular weight excluding hydrogens is 240 g/mol. The first-order valence-electron chi connectivity index (χ1n) is 7.58. The minimum atomic E-state index is -0.593. The van der Waals surface area contributed by atoms with Crippen LogP contribution >= 0.6 is 0 Å². The Morgan fingerprint density at radius 3 is 2.47 bits per heavy atom. The van der Waals surface area contributed by atoms with E-state index in [0.29, 0.717) is 17.3 Å². The van der Waals surface area contributed by atoms with Crippen LogP contribution in [0, 0.1) is 23.2 Å². The molecule has 1 saturated carbocycles. The topological polar surface area (TPSA) is 46.5 Å². The number of hydrogen-bond acceptors (Lipinski definition) is 2. The predicted octanol–water partition coefficient (Wildman–Crippen LogP) is 3.97. The molecule has 1 aliphatic carbocycles. The Kier molecular flexibility index (Phi) is 6.31. The molecule has 3 nitrogen and oxygen atoms in total. The molecular formula is C16H30O3. The van der Waals surface area contributed by atoms with Gasteiger partial charge in [-0.2, -0.15) is 0 Å². The van der Waals surface area contributed by atoms with Crippen LogP contribution < -0.4 is 0 Å². The maximum atomic E-state index is 11.4. The van der Waals surface area contributed by atoms with E-state index in [1.165, 1.54) is 0 Å². The second kappa shape index (κ2) is 7.28. The monoisotopic (exact) mass is 270 g/mol. The summed E-state index contributed by atoms with van der Waals surface area (Å²) in [5, 5.41) is 9.38. The Bertz CT molecular complexity index is 280. The zero-order valence-electron chi connectivity index (χ0n) is 12.9. The highest BCUT2D eigenvalue weighted by Gasteiger charge is 2.38. The highest BCUT2D eigenvalue weighted by Crippen LogP contribution is 2.44. The lowest BCUT2D eigenvalue weighted by Crippen LogP contribution is -2.35. The van der Waals surface area contributed by atoms with E-state index in [1.54, 1.807) is 7.11 Å². The molecule has 1 fully saturated rings. The normalized spacial score (nSPS) is 28.3. The van der Waals surface area contributed by atoms with E-state index in [1.807, 2.05) is 0 Å². The molecule has 3 atom stereocenters. The first kappa shape index (κ1) is 16.5. The van der Waals surface area contributed by atoms with E-state index >= 15 is 0 Å². The largest absolute Gasteiger partial charge is 0.481 e. The average Bonchev–Trinajstić information content (AvgIpc) is 2.33. The van der Waals surface area contributed by atoms with Gasteiger partial charge in [0.2, 0.25) is 0 Å².